The van der Waals surface area contributed by atoms with Crippen LogP contribution < -0.4 is 15.0 Å². The Morgan fingerprint density at radius 1 is 1.12 bits per heavy atom. The van der Waals surface area contributed by atoms with Crippen LogP contribution in [-0.4, -0.2) is 51.9 Å². The topological polar surface area (TPSA) is 139 Å². The highest BCUT2D eigenvalue weighted by Gasteiger charge is 2.25. The van der Waals surface area contributed by atoms with E-state index >= 15 is 0 Å². The van der Waals surface area contributed by atoms with Crippen molar-refractivity contribution in [2.75, 3.05) is 6.61 Å². The minimum Gasteiger partial charge on any atom is -0.493 e. The predicted octanol–water partition coefficient (Wildman–Crippen LogP) is 3.79. The molecule has 10 nitrogen and oxygen atoms in total. The molecule has 0 amide bonds. The minimum atomic E-state index is -4.03. The first-order chi connectivity index (χ1) is 19.1. The van der Waals surface area contributed by atoms with E-state index in [9.17, 15) is 18.3 Å². The Morgan fingerprint density at radius 2 is 1.88 bits per heavy atom. The summed E-state index contributed by atoms with van der Waals surface area (Å²) in [7, 11) is -4.03. The van der Waals surface area contributed by atoms with Crippen molar-refractivity contribution in [2.24, 2.45) is 0 Å². The number of hydrogen-bond donors (Lipinski definition) is 3. The molecule has 0 bridgehead atoms. The van der Waals surface area contributed by atoms with Gasteiger partial charge in [-0.3, -0.25) is 4.79 Å². The van der Waals surface area contributed by atoms with Gasteiger partial charge in [-0.2, -0.15) is 0 Å². The Morgan fingerprint density at radius 3 is 2.55 bits per heavy atom. The number of nitrogens with zero attached hydrogens (tertiary/aromatic N) is 3. The summed E-state index contributed by atoms with van der Waals surface area (Å²) in [4.78, 5) is 20.3. The molecule has 2 unspecified atom stereocenters. The first-order valence-corrected chi connectivity index (χ1v) is 15.1. The third kappa shape index (κ3) is 6.60. The molecule has 40 heavy (non-hydrogen) atoms. The number of hydrogen-bond acceptors (Lipinski definition) is 7. The number of rotatable bonds is 13. The normalized spacial score (nSPS) is 13.4. The molecule has 0 saturated carbocycles. The zero-order valence-corrected chi connectivity index (χ0v) is 24.2. The summed E-state index contributed by atoms with van der Waals surface area (Å²) in [6.45, 7) is 7.50. The predicted molar refractivity (Wildman–Crippen MR) is 154 cm³/mol. The average molecular weight is 568 g/mol. The van der Waals surface area contributed by atoms with Crippen LogP contribution in [0.15, 0.2) is 58.2 Å². The number of aliphatic hydroxyl groups is 1. The van der Waals surface area contributed by atoms with Crippen molar-refractivity contribution in [3.63, 3.8) is 0 Å². The number of benzene rings is 2. The first-order valence-electron chi connectivity index (χ1n) is 13.6. The van der Waals surface area contributed by atoms with Crippen LogP contribution in [0.2, 0.25) is 0 Å². The number of H-pyrrole nitrogens is 1. The van der Waals surface area contributed by atoms with Crippen molar-refractivity contribution in [1.82, 2.24) is 24.3 Å². The lowest BCUT2D eigenvalue weighted by Crippen LogP contribution is -2.42. The van der Waals surface area contributed by atoms with Gasteiger partial charge in [-0.1, -0.05) is 37.3 Å². The molecular weight excluding hydrogens is 530 g/mol. The summed E-state index contributed by atoms with van der Waals surface area (Å²) < 4.78 is 36.9. The monoisotopic (exact) mass is 567 g/mol. The van der Waals surface area contributed by atoms with Gasteiger partial charge in [0, 0.05) is 12.5 Å². The van der Waals surface area contributed by atoms with Gasteiger partial charge >= 0.3 is 0 Å². The van der Waals surface area contributed by atoms with E-state index in [0.717, 1.165) is 18.4 Å². The third-order valence-corrected chi connectivity index (χ3v) is 8.23. The highest BCUT2D eigenvalue weighted by molar-refractivity contribution is 7.89. The second-order valence-electron chi connectivity index (χ2n) is 9.86. The van der Waals surface area contributed by atoms with Crippen molar-refractivity contribution >= 4 is 15.5 Å². The Labute approximate surface area is 234 Å². The fourth-order valence-electron chi connectivity index (χ4n) is 4.72. The van der Waals surface area contributed by atoms with Crippen LogP contribution in [0.5, 0.6) is 5.75 Å². The SMILES string of the molecule is CCCc1nc(C)c2c(=O)[nH]c(-c3cc(S(=O)(=O)NC(CCCc4ccccc4)C(C)O)ccc3OCC)nn12. The highest BCUT2D eigenvalue weighted by Crippen LogP contribution is 2.30. The number of imidazole rings is 1. The zero-order valence-electron chi connectivity index (χ0n) is 23.3. The summed E-state index contributed by atoms with van der Waals surface area (Å²) in [5, 5.41) is 15.0. The molecule has 0 fully saturated rings. The van der Waals surface area contributed by atoms with Crippen molar-refractivity contribution in [3.05, 3.63) is 76.0 Å². The van der Waals surface area contributed by atoms with Gasteiger partial charge in [0.1, 0.15) is 11.6 Å². The van der Waals surface area contributed by atoms with Crippen LogP contribution in [0, 0.1) is 6.92 Å². The van der Waals surface area contributed by atoms with Crippen molar-refractivity contribution in [2.45, 2.75) is 76.8 Å². The summed E-state index contributed by atoms with van der Waals surface area (Å²) in [5.74, 6) is 1.21. The molecule has 2 atom stereocenters. The van der Waals surface area contributed by atoms with E-state index in [1.54, 1.807) is 19.9 Å². The summed E-state index contributed by atoms with van der Waals surface area (Å²) in [6, 6.07) is 13.7. The maximum absolute atomic E-state index is 13.5. The van der Waals surface area contributed by atoms with Crippen molar-refractivity contribution < 1.29 is 18.3 Å². The maximum atomic E-state index is 13.5. The number of sulfonamides is 1. The molecule has 0 aliphatic heterocycles. The Kier molecular flexibility index (Phi) is 9.39. The Balaban J connectivity index is 1.67. The Bertz CT molecular complexity index is 1610. The van der Waals surface area contributed by atoms with Gasteiger partial charge in [0.25, 0.3) is 5.56 Å². The molecule has 3 N–H and O–H groups in total. The molecular formula is C29H37N5O5S. The maximum Gasteiger partial charge on any atom is 0.277 e. The third-order valence-electron chi connectivity index (χ3n) is 6.74. The van der Waals surface area contributed by atoms with Gasteiger partial charge in [-0.15, -0.1) is 5.10 Å². The zero-order chi connectivity index (χ0) is 28.9. The van der Waals surface area contributed by atoms with Crippen LogP contribution in [0.3, 0.4) is 0 Å². The number of aliphatic hydroxyl groups excluding tert-OH is 1. The quantitative estimate of drug-likeness (QED) is 0.223. The van der Waals surface area contributed by atoms with Crippen LogP contribution in [0.4, 0.5) is 0 Å². The van der Waals surface area contributed by atoms with E-state index < -0.39 is 22.2 Å². The smallest absolute Gasteiger partial charge is 0.277 e. The molecule has 11 heteroatoms. The molecule has 0 aliphatic carbocycles. The van der Waals surface area contributed by atoms with Crippen LogP contribution in [0.25, 0.3) is 16.9 Å². The number of aryl methyl sites for hydroxylation is 3. The van der Waals surface area contributed by atoms with Gasteiger partial charge < -0.3 is 14.8 Å². The number of aromatic nitrogens is 4. The molecule has 0 aliphatic rings. The first kappa shape index (κ1) is 29.4. The Hall–Kier alpha value is -3.54. The molecule has 4 aromatic rings. The molecule has 214 valence electrons. The molecule has 0 saturated heterocycles. The van der Waals surface area contributed by atoms with E-state index in [0.29, 0.717) is 54.2 Å². The van der Waals surface area contributed by atoms with Crippen LogP contribution in [0.1, 0.15) is 57.1 Å². The lowest BCUT2D eigenvalue weighted by molar-refractivity contribution is 0.150. The van der Waals surface area contributed by atoms with E-state index in [1.165, 1.54) is 16.6 Å². The van der Waals surface area contributed by atoms with Gasteiger partial charge in [0.2, 0.25) is 10.0 Å². The van der Waals surface area contributed by atoms with Crippen molar-refractivity contribution in [3.8, 4) is 17.1 Å². The summed E-state index contributed by atoms with van der Waals surface area (Å²) in [5.41, 5.74) is 2.03. The molecule has 2 aromatic heterocycles. The van der Waals surface area contributed by atoms with Crippen LogP contribution >= 0.6 is 0 Å². The second-order valence-corrected chi connectivity index (χ2v) is 11.6. The molecule has 4 rings (SSSR count). The molecule has 2 heterocycles. The lowest BCUT2D eigenvalue weighted by Gasteiger charge is -2.22. The van der Waals surface area contributed by atoms with E-state index in [4.69, 9.17) is 4.74 Å². The second kappa shape index (κ2) is 12.8. The van der Waals surface area contributed by atoms with Gasteiger partial charge in [-0.05, 0) is 70.2 Å². The number of ether oxygens (including phenoxy) is 1. The number of aromatic amines is 1. The lowest BCUT2D eigenvalue weighted by atomic mass is 10.0. The van der Waals surface area contributed by atoms with E-state index in [2.05, 4.69) is 19.8 Å². The number of nitrogens with one attached hydrogen (secondary N) is 2. The largest absolute Gasteiger partial charge is 0.493 e. The molecule has 0 radical (unpaired) electrons. The van der Waals surface area contributed by atoms with Gasteiger partial charge in [0.05, 0.1) is 28.9 Å². The highest BCUT2D eigenvalue weighted by atomic mass is 32.2. The van der Waals surface area contributed by atoms with Crippen LogP contribution in [-0.2, 0) is 22.9 Å². The fraction of sp³-hybridized carbons (Fsp3) is 0.414. The minimum absolute atomic E-state index is 0.0296. The van der Waals surface area contributed by atoms with E-state index in [-0.39, 0.29) is 16.3 Å². The summed E-state index contributed by atoms with van der Waals surface area (Å²) in [6.07, 6.45) is 2.49. The number of fused-ring (bicyclic) bond motifs is 1. The standard InChI is InChI=1S/C29H37N5O5S/c1-5-11-26-30-19(3)27-29(36)31-28(32-34(26)27)23-18-22(16-17-25(23)39-6-2)40(37,38)33-24(20(4)35)15-10-14-21-12-8-7-9-13-21/h7-9,12-13,16-18,20,24,33,35H,5-6,10-11,14-15H2,1-4H3,(H,31,32,36). The fourth-order valence-corrected chi connectivity index (χ4v) is 6.09. The van der Waals surface area contributed by atoms with Gasteiger partial charge in [-0.25, -0.2) is 22.6 Å². The average Bonchev–Trinajstić information content (AvgIpc) is 3.24. The van der Waals surface area contributed by atoms with Crippen molar-refractivity contribution in [1.29, 1.82) is 0 Å². The molecule has 2 aromatic carbocycles. The van der Waals surface area contributed by atoms with E-state index in [1.807, 2.05) is 44.2 Å². The summed E-state index contributed by atoms with van der Waals surface area (Å²) >= 11 is 0. The molecule has 0 spiro atoms. The van der Waals surface area contributed by atoms with Gasteiger partial charge in [0.15, 0.2) is 11.3 Å².